The normalized spacial score (nSPS) is 23.3. The number of halogens is 4. The maximum absolute atomic E-state index is 13.7. The Bertz CT molecular complexity index is 801. The summed E-state index contributed by atoms with van der Waals surface area (Å²) in [6.45, 7) is 1.14. The quantitative estimate of drug-likeness (QED) is 0.362. The molecule has 0 aliphatic carbocycles. The lowest BCUT2D eigenvalue weighted by atomic mass is 10.0. The van der Waals surface area contributed by atoms with Crippen LogP contribution in [0.2, 0.25) is 0 Å². The van der Waals surface area contributed by atoms with Gasteiger partial charge >= 0.3 is 45.1 Å². The summed E-state index contributed by atoms with van der Waals surface area (Å²) in [5.41, 5.74) is -0.445. The highest BCUT2D eigenvalue weighted by atomic mass is 127. The lowest BCUT2D eigenvalue weighted by Crippen LogP contribution is -3.61. The summed E-state index contributed by atoms with van der Waals surface area (Å²) in [4.78, 5) is 23.5. The van der Waals surface area contributed by atoms with Crippen LogP contribution in [0.4, 0.5) is 13.2 Å². The first-order valence-corrected chi connectivity index (χ1v) is 9.71. The summed E-state index contributed by atoms with van der Waals surface area (Å²) < 4.78 is 52.1. The van der Waals surface area contributed by atoms with E-state index in [-0.39, 0.29) is 0 Å². The van der Waals surface area contributed by atoms with E-state index in [0.717, 1.165) is 14.1 Å². The van der Waals surface area contributed by atoms with Crippen molar-refractivity contribution in [2.75, 3.05) is 0 Å². The van der Waals surface area contributed by atoms with E-state index < -0.39 is 56.6 Å². The van der Waals surface area contributed by atoms with E-state index in [0.29, 0.717) is 0 Å². The van der Waals surface area contributed by atoms with Gasteiger partial charge in [0.15, 0.2) is 13.1 Å². The number of esters is 2. The molecule has 4 nitrogen and oxygen atoms in total. The van der Waals surface area contributed by atoms with Crippen molar-refractivity contribution in [2.45, 2.75) is 18.9 Å². The smallest absolute Gasteiger partial charge is 0.409 e. The Morgan fingerprint density at radius 2 is 1.38 bits per heavy atom. The Kier molecular flexibility index (Phi) is 4.96. The summed E-state index contributed by atoms with van der Waals surface area (Å²) in [5, 5.41) is 0. The molecule has 1 aliphatic rings. The average molecular weight is 477 g/mol. The van der Waals surface area contributed by atoms with Crippen LogP contribution < -0.4 is 21.2 Å². The molecule has 1 heterocycles. The lowest BCUT2D eigenvalue weighted by molar-refractivity contribution is -0.597. The molecule has 2 aromatic carbocycles. The molecule has 8 heteroatoms. The van der Waals surface area contributed by atoms with E-state index in [9.17, 15) is 22.8 Å². The van der Waals surface area contributed by atoms with Gasteiger partial charge in [-0.15, -0.1) is 0 Å². The molecule has 1 fully saturated rings. The number of rotatable bonds is 3. The molecule has 0 radical (unpaired) electrons. The molecule has 1 saturated heterocycles. The molecule has 0 aromatic heterocycles. The molecule has 26 heavy (non-hydrogen) atoms. The first-order chi connectivity index (χ1) is 12.2. The monoisotopic (exact) mass is 477 g/mol. The van der Waals surface area contributed by atoms with Gasteiger partial charge in [0.25, 0.3) is 0 Å². The minimum atomic E-state index is -5.10. The third-order valence-electron chi connectivity index (χ3n) is 3.74. The van der Waals surface area contributed by atoms with Gasteiger partial charge < -0.3 is 9.47 Å². The van der Waals surface area contributed by atoms with E-state index in [1.165, 1.54) is 24.3 Å². The van der Waals surface area contributed by atoms with Crippen LogP contribution in [-0.4, -0.2) is 18.1 Å². The Morgan fingerprint density at radius 1 is 0.885 bits per heavy atom. The minimum Gasteiger partial charge on any atom is -0.409 e. The number of alkyl halides is 3. The van der Waals surface area contributed by atoms with E-state index in [1.54, 1.807) is 0 Å². The number of hydrogen-bond acceptors (Lipinski definition) is 4. The van der Waals surface area contributed by atoms with Gasteiger partial charge in [0.2, 0.25) is 0 Å². The van der Waals surface area contributed by atoms with Gasteiger partial charge in [-0.1, -0.05) is 18.2 Å². The Labute approximate surface area is 157 Å². The maximum Gasteiger partial charge on any atom is 0.473 e. The van der Waals surface area contributed by atoms with Crippen LogP contribution in [0.5, 0.6) is 0 Å². The third kappa shape index (κ3) is 3.42. The second-order valence-corrected chi connectivity index (χ2v) is 8.61. The number of hydrogen-bond donors (Lipinski definition) is 0. The highest BCUT2D eigenvalue weighted by Gasteiger charge is 2.66. The van der Waals surface area contributed by atoms with Crippen molar-refractivity contribution < 1.29 is 53.4 Å². The molecule has 136 valence electrons. The second kappa shape index (κ2) is 6.90. The fraction of sp³-hybridized carbons (Fsp3) is 0.222. The number of cyclic esters (lactones) is 2. The van der Waals surface area contributed by atoms with E-state index >= 15 is 0 Å². The Morgan fingerprint density at radius 3 is 1.88 bits per heavy atom. The standard InChI is InChI=1S/C18H13F3IO4/c1-11-15(23)25-17(18(19,20)21,26-16(11)24)12-7-9-14(10-8-12)22-13-5-3-2-4-6-13/h2-11H,1H3/q+1. The number of ether oxygens (including phenoxy) is 2. The fourth-order valence-corrected chi connectivity index (χ4v) is 4.52. The largest absolute Gasteiger partial charge is 0.473 e. The number of carbonyl (C=O) groups excluding carboxylic acids is 2. The van der Waals surface area contributed by atoms with Crippen molar-refractivity contribution in [3.63, 3.8) is 0 Å². The van der Waals surface area contributed by atoms with E-state index in [2.05, 4.69) is 9.47 Å². The van der Waals surface area contributed by atoms with Crippen LogP contribution in [0.15, 0.2) is 54.6 Å². The molecule has 1 aliphatic heterocycles. The van der Waals surface area contributed by atoms with Crippen LogP contribution >= 0.6 is 0 Å². The van der Waals surface area contributed by atoms with E-state index in [4.69, 9.17) is 0 Å². The zero-order valence-corrected chi connectivity index (χ0v) is 15.6. The zero-order valence-electron chi connectivity index (χ0n) is 13.4. The first-order valence-electron chi connectivity index (χ1n) is 7.56. The highest BCUT2D eigenvalue weighted by Crippen LogP contribution is 2.46. The summed E-state index contributed by atoms with van der Waals surface area (Å²) in [5.74, 6) is -7.33. The fourth-order valence-electron chi connectivity index (χ4n) is 2.31. The SMILES string of the molecule is CC1C(=O)OC(c2ccc([I+]c3ccccc3)cc2)(C(F)(F)F)OC1=O. The van der Waals surface area contributed by atoms with Gasteiger partial charge in [-0.3, -0.25) is 9.59 Å². The second-order valence-electron chi connectivity index (χ2n) is 5.58. The number of carbonyl (C=O) groups is 2. The molecular weight excluding hydrogens is 464 g/mol. The first kappa shape index (κ1) is 18.7. The average Bonchev–Trinajstić information content (AvgIpc) is 2.60. The van der Waals surface area contributed by atoms with Gasteiger partial charge in [0.05, 0.1) is 0 Å². The minimum absolute atomic E-state index is 0.445. The van der Waals surface area contributed by atoms with Gasteiger partial charge in [-0.05, 0) is 43.3 Å². The summed E-state index contributed by atoms with van der Waals surface area (Å²) >= 11 is -0.570. The van der Waals surface area contributed by atoms with Gasteiger partial charge in [0.1, 0.15) is 0 Å². The topological polar surface area (TPSA) is 52.6 Å². The lowest BCUT2D eigenvalue weighted by Gasteiger charge is -2.38. The molecule has 0 spiro atoms. The summed E-state index contributed by atoms with van der Waals surface area (Å²) in [7, 11) is 0. The molecule has 0 atom stereocenters. The predicted molar refractivity (Wildman–Crippen MR) is 79.4 cm³/mol. The zero-order chi connectivity index (χ0) is 18.9. The van der Waals surface area contributed by atoms with Gasteiger partial charge in [-0.25, -0.2) is 0 Å². The van der Waals surface area contributed by atoms with Crippen molar-refractivity contribution in [3.8, 4) is 0 Å². The van der Waals surface area contributed by atoms with Crippen molar-refractivity contribution in [2.24, 2.45) is 5.92 Å². The van der Waals surface area contributed by atoms with Crippen molar-refractivity contribution in [1.29, 1.82) is 0 Å². The van der Waals surface area contributed by atoms with Crippen molar-refractivity contribution >= 4 is 11.9 Å². The Hall–Kier alpha value is -2.10. The number of benzene rings is 2. The molecule has 0 N–H and O–H groups in total. The summed E-state index contributed by atoms with van der Waals surface area (Å²) in [6, 6.07) is 15.0. The van der Waals surface area contributed by atoms with Crippen molar-refractivity contribution in [1.82, 2.24) is 0 Å². The molecule has 0 amide bonds. The molecule has 0 unspecified atom stereocenters. The van der Waals surface area contributed by atoms with Crippen LogP contribution in [-0.2, 0) is 24.8 Å². The van der Waals surface area contributed by atoms with Crippen LogP contribution in [0.3, 0.4) is 0 Å². The molecule has 0 bridgehead atoms. The van der Waals surface area contributed by atoms with Crippen LogP contribution in [0.1, 0.15) is 12.5 Å². The predicted octanol–water partition coefficient (Wildman–Crippen LogP) is 0.266. The highest BCUT2D eigenvalue weighted by molar-refractivity contribution is 5.96. The van der Waals surface area contributed by atoms with Crippen LogP contribution in [0, 0.1) is 13.1 Å². The Balaban J connectivity index is 1.93. The van der Waals surface area contributed by atoms with Gasteiger partial charge in [-0.2, -0.15) is 13.2 Å². The summed E-state index contributed by atoms with van der Waals surface area (Å²) in [6.07, 6.45) is -5.10. The van der Waals surface area contributed by atoms with Crippen LogP contribution in [0.25, 0.3) is 0 Å². The van der Waals surface area contributed by atoms with Gasteiger partial charge in [0, 0.05) is 5.56 Å². The van der Waals surface area contributed by atoms with Crippen molar-refractivity contribution in [3.05, 3.63) is 67.3 Å². The third-order valence-corrected chi connectivity index (χ3v) is 6.43. The molecule has 0 saturated carbocycles. The maximum atomic E-state index is 13.7. The molecule has 2 aromatic rings. The molecular formula is C18H13F3IO4+. The van der Waals surface area contributed by atoms with E-state index in [1.807, 2.05) is 30.3 Å². The molecule has 3 rings (SSSR count).